The van der Waals surface area contributed by atoms with Crippen molar-refractivity contribution in [1.29, 1.82) is 0 Å². The van der Waals surface area contributed by atoms with Gasteiger partial charge in [-0.2, -0.15) is 0 Å². The third kappa shape index (κ3) is 3.45. The molecule has 0 unspecified atom stereocenters. The van der Waals surface area contributed by atoms with Crippen molar-refractivity contribution in [2.45, 2.75) is 31.1 Å². The molecule has 1 saturated carbocycles. The third-order valence-electron chi connectivity index (χ3n) is 5.22. The highest BCUT2D eigenvalue weighted by atomic mass is 16.5. The molecular weight excluding hydrogens is 316 g/mol. The maximum atomic E-state index is 12.5. The highest BCUT2D eigenvalue weighted by Gasteiger charge is 2.36. The van der Waals surface area contributed by atoms with E-state index in [0.29, 0.717) is 6.54 Å². The van der Waals surface area contributed by atoms with Crippen molar-refractivity contribution in [2.75, 3.05) is 13.7 Å². The van der Waals surface area contributed by atoms with Crippen LogP contribution in [0.2, 0.25) is 0 Å². The third-order valence-corrected chi connectivity index (χ3v) is 5.22. The first-order valence-corrected chi connectivity index (χ1v) is 8.64. The largest absolute Gasteiger partial charge is 0.497 e. The van der Waals surface area contributed by atoms with Gasteiger partial charge in [0.05, 0.1) is 7.11 Å². The molecule has 1 amide bonds. The van der Waals surface area contributed by atoms with E-state index in [9.17, 15) is 9.59 Å². The number of nitrogens with zero attached hydrogens (tertiary/aromatic N) is 1. The summed E-state index contributed by atoms with van der Waals surface area (Å²) in [6.45, 7) is 0.538. The molecule has 132 valence electrons. The SMILES string of the molecule is COc1ccc(C2(CNC(=O)c3cccn(C)c3=O)CCCC2)cc1. The Morgan fingerprint density at radius 3 is 2.52 bits per heavy atom. The summed E-state index contributed by atoms with van der Waals surface area (Å²) >= 11 is 0. The number of aromatic nitrogens is 1. The quantitative estimate of drug-likeness (QED) is 0.910. The molecule has 1 aromatic heterocycles. The fourth-order valence-electron chi connectivity index (χ4n) is 3.68. The molecule has 5 heteroatoms. The number of nitrogens with one attached hydrogen (secondary N) is 1. The van der Waals surface area contributed by atoms with Crippen molar-refractivity contribution in [2.24, 2.45) is 7.05 Å². The highest BCUT2D eigenvalue weighted by Crippen LogP contribution is 2.41. The smallest absolute Gasteiger partial charge is 0.263 e. The average molecular weight is 340 g/mol. The van der Waals surface area contributed by atoms with Crippen LogP contribution >= 0.6 is 0 Å². The first-order valence-electron chi connectivity index (χ1n) is 8.64. The van der Waals surface area contributed by atoms with Crippen LogP contribution in [0.1, 0.15) is 41.6 Å². The Bertz CT molecular complexity index is 802. The van der Waals surface area contributed by atoms with Gasteiger partial charge in [0.1, 0.15) is 11.3 Å². The van der Waals surface area contributed by atoms with E-state index in [0.717, 1.165) is 31.4 Å². The number of aryl methyl sites for hydroxylation is 1. The lowest BCUT2D eigenvalue weighted by Crippen LogP contribution is -2.41. The van der Waals surface area contributed by atoms with Gasteiger partial charge in [-0.25, -0.2) is 0 Å². The van der Waals surface area contributed by atoms with Gasteiger partial charge in [-0.3, -0.25) is 9.59 Å². The Kier molecular flexibility index (Phi) is 4.93. The molecule has 0 bridgehead atoms. The van der Waals surface area contributed by atoms with E-state index < -0.39 is 0 Å². The van der Waals surface area contributed by atoms with Gasteiger partial charge >= 0.3 is 0 Å². The highest BCUT2D eigenvalue weighted by molar-refractivity contribution is 5.93. The van der Waals surface area contributed by atoms with E-state index in [1.165, 1.54) is 10.1 Å². The summed E-state index contributed by atoms with van der Waals surface area (Å²) in [6.07, 6.45) is 6.01. The van der Waals surface area contributed by atoms with E-state index >= 15 is 0 Å². The van der Waals surface area contributed by atoms with Gasteiger partial charge < -0.3 is 14.6 Å². The van der Waals surface area contributed by atoms with Crippen molar-refractivity contribution >= 4 is 5.91 Å². The van der Waals surface area contributed by atoms with Gasteiger partial charge in [0.2, 0.25) is 0 Å². The van der Waals surface area contributed by atoms with Crippen LogP contribution in [0.5, 0.6) is 5.75 Å². The molecule has 0 atom stereocenters. The van der Waals surface area contributed by atoms with Crippen molar-refractivity contribution in [3.63, 3.8) is 0 Å². The number of carbonyl (C=O) groups excluding carboxylic acids is 1. The first kappa shape index (κ1) is 17.3. The van der Waals surface area contributed by atoms with Gasteiger partial charge in [-0.05, 0) is 42.7 Å². The van der Waals surface area contributed by atoms with Crippen LogP contribution in [0.4, 0.5) is 0 Å². The van der Waals surface area contributed by atoms with Crippen molar-refractivity contribution < 1.29 is 9.53 Å². The minimum Gasteiger partial charge on any atom is -0.497 e. The maximum absolute atomic E-state index is 12.5. The van der Waals surface area contributed by atoms with E-state index in [1.807, 2.05) is 12.1 Å². The van der Waals surface area contributed by atoms with Crippen molar-refractivity contribution in [3.05, 3.63) is 64.1 Å². The summed E-state index contributed by atoms with van der Waals surface area (Å²) in [6, 6.07) is 11.4. The summed E-state index contributed by atoms with van der Waals surface area (Å²) in [5, 5.41) is 2.99. The Morgan fingerprint density at radius 2 is 1.88 bits per heavy atom. The number of amides is 1. The Morgan fingerprint density at radius 1 is 1.20 bits per heavy atom. The molecule has 5 nitrogen and oxygen atoms in total. The molecule has 25 heavy (non-hydrogen) atoms. The van der Waals surface area contributed by atoms with Gasteiger partial charge in [0.25, 0.3) is 11.5 Å². The van der Waals surface area contributed by atoms with Crippen LogP contribution in [0.3, 0.4) is 0 Å². The number of hydrogen-bond donors (Lipinski definition) is 1. The lowest BCUT2D eigenvalue weighted by Gasteiger charge is -2.30. The molecule has 0 saturated heterocycles. The van der Waals surface area contributed by atoms with E-state index in [-0.39, 0.29) is 22.4 Å². The van der Waals surface area contributed by atoms with Crippen LogP contribution in [-0.2, 0) is 12.5 Å². The van der Waals surface area contributed by atoms with E-state index in [2.05, 4.69) is 17.4 Å². The van der Waals surface area contributed by atoms with E-state index in [4.69, 9.17) is 4.74 Å². The monoisotopic (exact) mass is 340 g/mol. The van der Waals surface area contributed by atoms with Crippen LogP contribution in [-0.4, -0.2) is 24.1 Å². The zero-order valence-electron chi connectivity index (χ0n) is 14.7. The molecular formula is C20H24N2O3. The summed E-state index contributed by atoms with van der Waals surface area (Å²) in [4.78, 5) is 24.6. The number of carbonyl (C=O) groups is 1. The fourth-order valence-corrected chi connectivity index (χ4v) is 3.68. The number of methoxy groups -OCH3 is 1. The number of ether oxygens (including phenoxy) is 1. The first-order chi connectivity index (χ1) is 12.1. The second kappa shape index (κ2) is 7.13. The Labute approximate surface area is 147 Å². The van der Waals surface area contributed by atoms with Gasteiger partial charge in [-0.1, -0.05) is 25.0 Å². The molecule has 2 aromatic rings. The molecule has 1 aliphatic carbocycles. The lowest BCUT2D eigenvalue weighted by molar-refractivity contribution is 0.0941. The van der Waals surface area contributed by atoms with Crippen LogP contribution in [0, 0.1) is 0 Å². The second-order valence-electron chi connectivity index (χ2n) is 6.74. The zero-order valence-corrected chi connectivity index (χ0v) is 14.7. The lowest BCUT2D eigenvalue weighted by atomic mass is 9.78. The second-order valence-corrected chi connectivity index (χ2v) is 6.74. The molecule has 1 fully saturated rings. The fraction of sp³-hybridized carbons (Fsp3) is 0.400. The molecule has 1 aromatic carbocycles. The topological polar surface area (TPSA) is 60.3 Å². The van der Waals surface area contributed by atoms with Crippen LogP contribution in [0.25, 0.3) is 0 Å². The number of hydrogen-bond acceptors (Lipinski definition) is 3. The minimum atomic E-state index is -0.305. The Hall–Kier alpha value is -2.56. The summed E-state index contributed by atoms with van der Waals surface area (Å²) < 4.78 is 6.66. The molecule has 0 aliphatic heterocycles. The van der Waals surface area contributed by atoms with Crippen molar-refractivity contribution in [3.8, 4) is 5.75 Å². The molecule has 0 radical (unpaired) electrons. The van der Waals surface area contributed by atoms with Crippen LogP contribution < -0.4 is 15.6 Å². The molecule has 1 N–H and O–H groups in total. The minimum absolute atomic E-state index is 0.0675. The van der Waals surface area contributed by atoms with Gasteiger partial charge in [0.15, 0.2) is 0 Å². The molecule has 3 rings (SSSR count). The predicted molar refractivity (Wildman–Crippen MR) is 97.2 cm³/mol. The summed E-state index contributed by atoms with van der Waals surface area (Å²) in [5.41, 5.74) is 1.06. The molecule has 1 aliphatic rings. The standard InChI is InChI=1S/C20H24N2O3/c1-22-13-5-6-17(19(22)24)18(23)21-14-20(11-3-4-12-20)15-7-9-16(25-2)10-8-15/h5-10,13H,3-4,11-12,14H2,1-2H3,(H,21,23). The number of benzene rings is 1. The molecule has 0 spiro atoms. The van der Waals surface area contributed by atoms with E-state index in [1.54, 1.807) is 32.5 Å². The summed E-state index contributed by atoms with van der Waals surface area (Å²) in [5.74, 6) is 0.523. The number of rotatable bonds is 5. The van der Waals surface area contributed by atoms with Crippen molar-refractivity contribution in [1.82, 2.24) is 9.88 Å². The van der Waals surface area contributed by atoms with Gasteiger partial charge in [-0.15, -0.1) is 0 Å². The predicted octanol–water partition coefficient (Wildman–Crippen LogP) is 2.64. The zero-order chi connectivity index (χ0) is 17.9. The number of pyridine rings is 1. The van der Waals surface area contributed by atoms with Crippen LogP contribution in [0.15, 0.2) is 47.4 Å². The normalized spacial score (nSPS) is 15.8. The average Bonchev–Trinajstić information content (AvgIpc) is 3.12. The maximum Gasteiger partial charge on any atom is 0.263 e. The molecule has 1 heterocycles. The summed E-state index contributed by atoms with van der Waals surface area (Å²) in [7, 11) is 3.30. The van der Waals surface area contributed by atoms with Gasteiger partial charge in [0, 0.05) is 25.2 Å². The Balaban J connectivity index is 1.79.